The number of nitrogens with zero attached hydrogens (tertiary/aromatic N) is 1. The minimum Gasteiger partial charge on any atom is -0.478 e. The van der Waals surface area contributed by atoms with Crippen LogP contribution >= 0.6 is 22.6 Å². The topological polar surface area (TPSA) is 63.3 Å². The summed E-state index contributed by atoms with van der Waals surface area (Å²) in [4.78, 5) is 14.4. The molecule has 0 saturated heterocycles. The first-order valence-corrected chi connectivity index (χ1v) is 4.53. The van der Waals surface area contributed by atoms with E-state index >= 15 is 0 Å². The van der Waals surface area contributed by atoms with E-state index in [0.29, 0.717) is 14.9 Å². The molecule has 0 spiro atoms. The van der Waals surface area contributed by atoms with Crippen molar-refractivity contribution in [1.82, 2.24) is 4.98 Å². The number of carbonyl (C=O) groups is 1. The molecule has 2 rings (SSSR count). The highest BCUT2D eigenvalue weighted by Crippen LogP contribution is 2.19. The summed E-state index contributed by atoms with van der Waals surface area (Å²) < 4.78 is 5.88. The molecule has 0 fully saturated rings. The highest BCUT2D eigenvalue weighted by Gasteiger charge is 2.07. The highest BCUT2D eigenvalue weighted by atomic mass is 127. The molecule has 0 aliphatic rings. The van der Waals surface area contributed by atoms with Gasteiger partial charge in [0.15, 0.2) is 3.77 Å². The maximum absolute atomic E-state index is 10.6. The lowest BCUT2D eigenvalue weighted by atomic mass is 10.2. The molecule has 0 radical (unpaired) electrons. The fourth-order valence-electron chi connectivity index (χ4n) is 1.02. The monoisotopic (exact) mass is 289 g/mol. The van der Waals surface area contributed by atoms with Crippen molar-refractivity contribution >= 4 is 39.7 Å². The normalized spacial score (nSPS) is 10.5. The van der Waals surface area contributed by atoms with Crippen molar-refractivity contribution in [2.45, 2.75) is 0 Å². The van der Waals surface area contributed by atoms with E-state index in [1.165, 1.54) is 12.3 Å². The number of rotatable bonds is 1. The van der Waals surface area contributed by atoms with Gasteiger partial charge in [-0.15, -0.1) is 0 Å². The molecule has 0 bridgehead atoms. The molecular formula is C8H4INO3. The van der Waals surface area contributed by atoms with E-state index in [1.54, 1.807) is 6.07 Å². The lowest BCUT2D eigenvalue weighted by Gasteiger charge is -1.91. The van der Waals surface area contributed by atoms with E-state index in [2.05, 4.69) is 4.98 Å². The largest absolute Gasteiger partial charge is 0.478 e. The number of carboxylic acid groups (broad SMARTS) is 1. The van der Waals surface area contributed by atoms with E-state index in [4.69, 9.17) is 9.52 Å². The Morgan fingerprint density at radius 2 is 2.31 bits per heavy atom. The molecule has 2 aromatic rings. The molecule has 13 heavy (non-hydrogen) atoms. The van der Waals surface area contributed by atoms with Crippen LogP contribution in [0, 0.1) is 3.77 Å². The van der Waals surface area contributed by atoms with Gasteiger partial charge in [0.2, 0.25) is 5.71 Å². The van der Waals surface area contributed by atoms with Gasteiger partial charge in [0.25, 0.3) is 0 Å². The van der Waals surface area contributed by atoms with Crippen LogP contribution in [0.15, 0.2) is 22.7 Å². The van der Waals surface area contributed by atoms with Crippen LogP contribution in [-0.4, -0.2) is 16.1 Å². The van der Waals surface area contributed by atoms with E-state index in [1.807, 2.05) is 22.6 Å². The molecule has 2 heterocycles. The fraction of sp³-hybridized carbons (Fsp3) is 0. The Bertz CT molecular complexity index is 477. The number of fused-ring (bicyclic) bond motifs is 1. The van der Waals surface area contributed by atoms with Crippen molar-refractivity contribution in [3.8, 4) is 0 Å². The highest BCUT2D eigenvalue weighted by molar-refractivity contribution is 14.1. The Balaban J connectivity index is 2.67. The van der Waals surface area contributed by atoms with Crippen molar-refractivity contribution in [3.63, 3.8) is 0 Å². The number of hydrogen-bond acceptors (Lipinski definition) is 3. The first kappa shape index (κ1) is 8.49. The third-order valence-electron chi connectivity index (χ3n) is 1.59. The Kier molecular flexibility index (Phi) is 1.95. The Morgan fingerprint density at radius 1 is 1.54 bits per heavy atom. The van der Waals surface area contributed by atoms with Gasteiger partial charge in [-0.2, -0.15) is 0 Å². The van der Waals surface area contributed by atoms with Crippen molar-refractivity contribution in [2.24, 2.45) is 0 Å². The lowest BCUT2D eigenvalue weighted by Crippen LogP contribution is -1.95. The lowest BCUT2D eigenvalue weighted by molar-refractivity contribution is 0.0696. The van der Waals surface area contributed by atoms with Gasteiger partial charge in [-0.3, -0.25) is 0 Å². The number of carboxylic acids is 1. The fourth-order valence-corrected chi connectivity index (χ4v) is 1.56. The van der Waals surface area contributed by atoms with Gasteiger partial charge < -0.3 is 9.52 Å². The average molecular weight is 289 g/mol. The molecular weight excluding hydrogens is 285 g/mol. The number of aromatic carboxylic acids is 1. The summed E-state index contributed by atoms with van der Waals surface area (Å²) in [6.45, 7) is 0. The van der Waals surface area contributed by atoms with Gasteiger partial charge in [-0.05, 0) is 34.7 Å². The van der Waals surface area contributed by atoms with Gasteiger partial charge in [0, 0.05) is 11.6 Å². The van der Waals surface area contributed by atoms with Crippen molar-refractivity contribution < 1.29 is 14.3 Å². The molecule has 66 valence electrons. The summed E-state index contributed by atoms with van der Waals surface area (Å²) in [5, 5.41) is 9.39. The molecule has 4 nitrogen and oxygen atoms in total. The van der Waals surface area contributed by atoms with Crippen LogP contribution in [0.3, 0.4) is 0 Å². The Hall–Kier alpha value is -1.11. The predicted molar refractivity (Wildman–Crippen MR) is 53.7 cm³/mol. The van der Waals surface area contributed by atoms with Crippen LogP contribution in [0.2, 0.25) is 0 Å². The van der Waals surface area contributed by atoms with Crippen molar-refractivity contribution in [3.05, 3.63) is 27.7 Å². The van der Waals surface area contributed by atoms with E-state index < -0.39 is 5.97 Å². The maximum Gasteiger partial charge on any atom is 0.337 e. The molecule has 5 heteroatoms. The van der Waals surface area contributed by atoms with E-state index in [0.717, 1.165) is 0 Å². The van der Waals surface area contributed by atoms with Crippen LogP contribution in [0.25, 0.3) is 11.1 Å². The summed E-state index contributed by atoms with van der Waals surface area (Å²) in [7, 11) is 0. The molecule has 0 aliphatic carbocycles. The summed E-state index contributed by atoms with van der Waals surface area (Å²) in [5.41, 5.74) is 0.638. The SMILES string of the molecule is O=C(O)c1cnc2oc(I)cc2c1. The van der Waals surface area contributed by atoms with Crippen LogP contribution in [0.5, 0.6) is 0 Å². The molecule has 0 unspecified atom stereocenters. The number of hydrogen-bond donors (Lipinski definition) is 1. The Labute approximate surface area is 86.7 Å². The standard InChI is InChI=1S/C8H4INO3/c9-6-2-4-1-5(8(11)12)3-10-7(4)13-6/h1-3H,(H,11,12). The van der Waals surface area contributed by atoms with E-state index in [-0.39, 0.29) is 5.56 Å². The minimum atomic E-state index is -0.981. The molecule has 0 aromatic carbocycles. The molecule has 0 atom stereocenters. The van der Waals surface area contributed by atoms with Crippen LogP contribution in [-0.2, 0) is 0 Å². The van der Waals surface area contributed by atoms with Crippen LogP contribution in [0.4, 0.5) is 0 Å². The summed E-state index contributed by atoms with van der Waals surface area (Å²) in [5.74, 6) is -0.981. The zero-order valence-corrected chi connectivity index (χ0v) is 8.48. The molecule has 1 N–H and O–H groups in total. The molecule has 0 amide bonds. The first-order chi connectivity index (χ1) is 6.16. The number of aromatic nitrogens is 1. The Morgan fingerprint density at radius 3 is 3.00 bits per heavy atom. The molecule has 2 aromatic heterocycles. The predicted octanol–water partition coefficient (Wildman–Crippen LogP) is 2.13. The van der Waals surface area contributed by atoms with Gasteiger partial charge in [-0.25, -0.2) is 9.78 Å². The summed E-state index contributed by atoms with van der Waals surface area (Å²) in [6, 6.07) is 3.28. The second kappa shape index (κ2) is 2.99. The maximum atomic E-state index is 10.6. The van der Waals surface area contributed by atoms with Crippen LogP contribution in [0.1, 0.15) is 10.4 Å². The second-order valence-electron chi connectivity index (χ2n) is 2.47. The first-order valence-electron chi connectivity index (χ1n) is 3.45. The van der Waals surface area contributed by atoms with Crippen molar-refractivity contribution in [2.75, 3.05) is 0 Å². The van der Waals surface area contributed by atoms with E-state index in [9.17, 15) is 4.79 Å². The average Bonchev–Trinajstić information content (AvgIpc) is 2.42. The second-order valence-corrected chi connectivity index (χ2v) is 3.54. The third kappa shape index (κ3) is 1.51. The van der Waals surface area contributed by atoms with Gasteiger partial charge in [0.05, 0.1) is 5.56 Å². The zero-order valence-electron chi connectivity index (χ0n) is 6.32. The van der Waals surface area contributed by atoms with Crippen molar-refractivity contribution in [1.29, 1.82) is 0 Å². The number of halogens is 1. The van der Waals surface area contributed by atoms with Gasteiger partial charge in [-0.1, -0.05) is 0 Å². The minimum absolute atomic E-state index is 0.171. The third-order valence-corrected chi connectivity index (χ3v) is 2.12. The zero-order chi connectivity index (χ0) is 9.42. The summed E-state index contributed by atoms with van der Waals surface area (Å²) >= 11 is 2.01. The number of pyridine rings is 1. The number of furan rings is 1. The quantitative estimate of drug-likeness (QED) is 0.817. The summed E-state index contributed by atoms with van der Waals surface area (Å²) in [6.07, 6.45) is 1.28. The van der Waals surface area contributed by atoms with Gasteiger partial charge in [0.1, 0.15) is 0 Å². The van der Waals surface area contributed by atoms with Crippen LogP contribution < -0.4 is 0 Å². The van der Waals surface area contributed by atoms with Gasteiger partial charge >= 0.3 is 5.97 Å². The molecule has 0 aliphatic heterocycles. The molecule has 0 saturated carbocycles. The smallest absolute Gasteiger partial charge is 0.337 e.